The first-order valence-electron chi connectivity index (χ1n) is 5.94. The minimum atomic E-state index is -0.0829. The summed E-state index contributed by atoms with van der Waals surface area (Å²) in [5.74, 6) is -0.0829. The van der Waals surface area contributed by atoms with Crippen LogP contribution in [0.4, 0.5) is 0 Å². The molecule has 0 saturated heterocycles. The molecule has 0 N–H and O–H groups in total. The lowest BCUT2D eigenvalue weighted by molar-refractivity contribution is 0.0726. The molecule has 3 heteroatoms. The molecular weight excluding hydrogens is 238 g/mol. The second kappa shape index (κ2) is 6.48. The largest absolute Gasteiger partial charge is 0.369 e. The quantitative estimate of drug-likeness (QED) is 0.768. The van der Waals surface area contributed by atoms with E-state index in [1.807, 2.05) is 36.4 Å². The van der Waals surface area contributed by atoms with Crippen LogP contribution in [-0.2, 0) is 11.3 Å². The van der Waals surface area contributed by atoms with Crippen molar-refractivity contribution in [1.82, 2.24) is 0 Å². The molecule has 0 radical (unpaired) electrons. The third-order valence-corrected chi connectivity index (χ3v) is 2.68. The number of ether oxygens (including phenoxy) is 1. The maximum absolute atomic E-state index is 11.8. The average Bonchev–Trinajstić information content (AvgIpc) is 2.48. The van der Waals surface area contributed by atoms with Gasteiger partial charge in [-0.15, -0.1) is 0 Å². The highest BCUT2D eigenvalue weighted by atomic mass is 16.5. The van der Waals surface area contributed by atoms with Gasteiger partial charge in [0.05, 0.1) is 18.2 Å². The Morgan fingerprint density at radius 3 is 2.37 bits per heavy atom. The number of rotatable bonds is 5. The fraction of sp³-hybridized carbons (Fsp3) is 0.125. The van der Waals surface area contributed by atoms with Crippen molar-refractivity contribution in [3.05, 3.63) is 71.3 Å². The van der Waals surface area contributed by atoms with Gasteiger partial charge in [0.25, 0.3) is 0 Å². The molecule has 0 aromatic heterocycles. The molecule has 94 valence electrons. The van der Waals surface area contributed by atoms with E-state index >= 15 is 0 Å². The molecule has 0 aliphatic rings. The molecule has 0 fully saturated rings. The van der Waals surface area contributed by atoms with Gasteiger partial charge in [-0.25, -0.2) is 0 Å². The molecule has 0 unspecified atom stereocenters. The predicted molar refractivity (Wildman–Crippen MR) is 71.6 cm³/mol. The zero-order valence-corrected chi connectivity index (χ0v) is 10.4. The standard InChI is InChI=1S/C16H13NO2/c17-10-13-6-8-15(9-7-13)16(18)12-19-11-14-4-2-1-3-5-14/h1-9H,11-12H2. The van der Waals surface area contributed by atoms with Crippen molar-refractivity contribution in [2.24, 2.45) is 0 Å². The molecule has 0 bridgehead atoms. The van der Waals surface area contributed by atoms with Gasteiger partial charge in [-0.1, -0.05) is 42.5 Å². The van der Waals surface area contributed by atoms with E-state index in [0.29, 0.717) is 17.7 Å². The first-order valence-corrected chi connectivity index (χ1v) is 5.94. The van der Waals surface area contributed by atoms with Gasteiger partial charge in [0.1, 0.15) is 6.61 Å². The van der Waals surface area contributed by atoms with Gasteiger partial charge in [-0.05, 0) is 17.7 Å². The summed E-state index contributed by atoms with van der Waals surface area (Å²) in [6, 6.07) is 18.3. The molecule has 2 aromatic carbocycles. The molecule has 2 aromatic rings. The average molecular weight is 251 g/mol. The molecule has 2 rings (SSSR count). The van der Waals surface area contributed by atoms with Crippen LogP contribution >= 0.6 is 0 Å². The van der Waals surface area contributed by atoms with E-state index in [9.17, 15) is 4.79 Å². The van der Waals surface area contributed by atoms with Gasteiger partial charge in [-0.3, -0.25) is 4.79 Å². The number of carbonyl (C=O) groups excluding carboxylic acids is 1. The van der Waals surface area contributed by atoms with Gasteiger partial charge in [0.2, 0.25) is 0 Å². The Morgan fingerprint density at radius 2 is 1.74 bits per heavy atom. The topological polar surface area (TPSA) is 50.1 Å². The lowest BCUT2D eigenvalue weighted by Gasteiger charge is -2.04. The van der Waals surface area contributed by atoms with E-state index in [2.05, 4.69) is 0 Å². The van der Waals surface area contributed by atoms with E-state index in [-0.39, 0.29) is 12.4 Å². The zero-order valence-electron chi connectivity index (χ0n) is 10.4. The highest BCUT2D eigenvalue weighted by molar-refractivity contribution is 5.97. The van der Waals surface area contributed by atoms with Gasteiger partial charge in [0, 0.05) is 5.56 Å². The molecule has 0 saturated carbocycles. The summed E-state index contributed by atoms with van der Waals surface area (Å²) in [6.45, 7) is 0.462. The molecule has 0 atom stereocenters. The normalized spacial score (nSPS) is 9.84. The molecule has 0 aliphatic heterocycles. The van der Waals surface area contributed by atoms with Crippen LogP contribution in [0.25, 0.3) is 0 Å². The van der Waals surface area contributed by atoms with Crippen LogP contribution in [0, 0.1) is 11.3 Å². The van der Waals surface area contributed by atoms with Gasteiger partial charge in [0.15, 0.2) is 5.78 Å². The fourth-order valence-electron chi connectivity index (χ4n) is 1.65. The van der Waals surface area contributed by atoms with Crippen LogP contribution in [0.5, 0.6) is 0 Å². The monoisotopic (exact) mass is 251 g/mol. The maximum Gasteiger partial charge on any atom is 0.188 e. The minimum Gasteiger partial charge on any atom is -0.369 e. The van der Waals surface area contributed by atoms with Crippen molar-refractivity contribution >= 4 is 5.78 Å². The number of nitrogens with zero attached hydrogens (tertiary/aromatic N) is 1. The maximum atomic E-state index is 11.8. The lowest BCUT2D eigenvalue weighted by atomic mass is 10.1. The van der Waals surface area contributed by atoms with Gasteiger partial charge >= 0.3 is 0 Å². The minimum absolute atomic E-state index is 0.0425. The van der Waals surface area contributed by atoms with Crippen LogP contribution < -0.4 is 0 Å². The van der Waals surface area contributed by atoms with Crippen molar-refractivity contribution in [2.75, 3.05) is 6.61 Å². The first-order chi connectivity index (χ1) is 9.29. The summed E-state index contributed by atoms with van der Waals surface area (Å²) in [5, 5.41) is 8.67. The molecule has 0 aliphatic carbocycles. The molecule has 0 heterocycles. The highest BCUT2D eigenvalue weighted by Crippen LogP contribution is 2.06. The second-order valence-corrected chi connectivity index (χ2v) is 4.09. The predicted octanol–water partition coefficient (Wildman–Crippen LogP) is 2.96. The molecule has 3 nitrogen and oxygen atoms in total. The van der Waals surface area contributed by atoms with Crippen LogP contribution in [0.2, 0.25) is 0 Å². The van der Waals surface area contributed by atoms with Crippen molar-refractivity contribution in [3.8, 4) is 6.07 Å². The van der Waals surface area contributed by atoms with E-state index < -0.39 is 0 Å². The van der Waals surface area contributed by atoms with E-state index in [4.69, 9.17) is 10.00 Å². The summed E-state index contributed by atoms with van der Waals surface area (Å²) in [5.41, 5.74) is 2.14. The number of nitriles is 1. The number of hydrogen-bond acceptors (Lipinski definition) is 3. The van der Waals surface area contributed by atoms with Crippen molar-refractivity contribution in [3.63, 3.8) is 0 Å². The summed E-state index contributed by atoms with van der Waals surface area (Å²) in [6.07, 6.45) is 0. The Labute approximate surface area is 112 Å². The summed E-state index contributed by atoms with van der Waals surface area (Å²) in [7, 11) is 0. The summed E-state index contributed by atoms with van der Waals surface area (Å²) >= 11 is 0. The summed E-state index contributed by atoms with van der Waals surface area (Å²) in [4.78, 5) is 11.8. The first kappa shape index (κ1) is 13.0. The second-order valence-electron chi connectivity index (χ2n) is 4.09. The van der Waals surface area contributed by atoms with E-state index in [1.54, 1.807) is 24.3 Å². The molecule has 0 amide bonds. The van der Waals surface area contributed by atoms with Gasteiger partial charge in [-0.2, -0.15) is 5.26 Å². The number of ketones is 1. The Morgan fingerprint density at radius 1 is 1.05 bits per heavy atom. The third kappa shape index (κ3) is 3.77. The SMILES string of the molecule is N#Cc1ccc(C(=O)COCc2ccccc2)cc1. The highest BCUT2D eigenvalue weighted by Gasteiger charge is 2.05. The van der Waals surface area contributed by atoms with Crippen LogP contribution in [0.15, 0.2) is 54.6 Å². The zero-order chi connectivity index (χ0) is 13.5. The smallest absolute Gasteiger partial charge is 0.188 e. The van der Waals surface area contributed by atoms with Crippen molar-refractivity contribution < 1.29 is 9.53 Å². The van der Waals surface area contributed by atoms with Crippen LogP contribution in [0.3, 0.4) is 0 Å². The van der Waals surface area contributed by atoms with Crippen molar-refractivity contribution in [1.29, 1.82) is 5.26 Å². The van der Waals surface area contributed by atoms with Crippen LogP contribution in [0.1, 0.15) is 21.5 Å². The molecular formula is C16H13NO2. The number of benzene rings is 2. The summed E-state index contributed by atoms with van der Waals surface area (Å²) < 4.78 is 5.38. The Hall–Kier alpha value is -2.44. The Balaban J connectivity index is 1.86. The van der Waals surface area contributed by atoms with Gasteiger partial charge < -0.3 is 4.74 Å². The molecule has 0 spiro atoms. The number of carbonyl (C=O) groups is 1. The number of hydrogen-bond donors (Lipinski definition) is 0. The Bertz CT molecular complexity index is 582. The fourth-order valence-corrected chi connectivity index (χ4v) is 1.65. The van der Waals surface area contributed by atoms with Crippen molar-refractivity contribution in [2.45, 2.75) is 6.61 Å². The Kier molecular flexibility index (Phi) is 4.44. The molecule has 19 heavy (non-hydrogen) atoms. The van der Waals surface area contributed by atoms with E-state index in [1.165, 1.54) is 0 Å². The lowest BCUT2D eigenvalue weighted by Crippen LogP contribution is -2.09. The van der Waals surface area contributed by atoms with Crippen LogP contribution in [-0.4, -0.2) is 12.4 Å². The van der Waals surface area contributed by atoms with E-state index in [0.717, 1.165) is 5.56 Å². The number of Topliss-reactive ketones (excluding diaryl/α,β-unsaturated/α-hetero) is 1. The third-order valence-electron chi connectivity index (χ3n) is 2.68.